The standard InChI is InChI=1S/C16H23F2N3O.HI/c1-11-7-8-14(22-15(17)18)12(9-11)10-20-16(19)21-13-5-3-2-4-6-13;/h7-9,13,15H,2-6,10H2,1H3,(H3,19,20,21);1H. The molecule has 0 aliphatic heterocycles. The number of hydrogen-bond donors (Lipinski definition) is 2. The van der Waals surface area contributed by atoms with Crippen molar-refractivity contribution in [2.45, 2.75) is 58.2 Å². The maximum Gasteiger partial charge on any atom is 0.387 e. The number of benzene rings is 1. The van der Waals surface area contributed by atoms with Gasteiger partial charge in [0.15, 0.2) is 5.96 Å². The molecule has 0 spiro atoms. The fourth-order valence-electron chi connectivity index (χ4n) is 2.71. The van der Waals surface area contributed by atoms with Gasteiger partial charge in [0.05, 0.1) is 6.54 Å². The lowest BCUT2D eigenvalue weighted by Gasteiger charge is -2.23. The Morgan fingerprint density at radius 3 is 2.70 bits per heavy atom. The van der Waals surface area contributed by atoms with E-state index in [4.69, 9.17) is 5.73 Å². The van der Waals surface area contributed by atoms with E-state index in [1.54, 1.807) is 12.1 Å². The molecule has 0 radical (unpaired) electrons. The van der Waals surface area contributed by atoms with E-state index in [2.05, 4.69) is 15.0 Å². The summed E-state index contributed by atoms with van der Waals surface area (Å²) in [5.74, 6) is 0.506. The van der Waals surface area contributed by atoms with Gasteiger partial charge in [-0.1, -0.05) is 37.0 Å². The number of nitrogens with one attached hydrogen (secondary N) is 1. The lowest BCUT2D eigenvalue weighted by molar-refractivity contribution is -0.0504. The first-order chi connectivity index (χ1) is 10.5. The van der Waals surface area contributed by atoms with Gasteiger partial charge in [0.25, 0.3) is 0 Å². The van der Waals surface area contributed by atoms with Gasteiger partial charge >= 0.3 is 6.61 Å². The fourth-order valence-corrected chi connectivity index (χ4v) is 2.71. The Bertz CT molecular complexity index is 520. The first kappa shape index (κ1) is 19.9. The zero-order valence-corrected chi connectivity index (χ0v) is 15.6. The van der Waals surface area contributed by atoms with E-state index < -0.39 is 6.61 Å². The summed E-state index contributed by atoms with van der Waals surface area (Å²) < 4.78 is 29.3. The summed E-state index contributed by atoms with van der Waals surface area (Å²) in [6, 6.07) is 5.42. The van der Waals surface area contributed by atoms with E-state index in [0.29, 0.717) is 17.6 Å². The van der Waals surface area contributed by atoms with Crippen molar-refractivity contribution in [1.82, 2.24) is 5.32 Å². The number of rotatable bonds is 5. The predicted octanol–water partition coefficient (Wildman–Crippen LogP) is 3.95. The molecule has 7 heteroatoms. The number of alkyl halides is 2. The molecule has 0 saturated heterocycles. The van der Waals surface area contributed by atoms with Crippen LogP contribution in [0.25, 0.3) is 0 Å². The number of nitrogens with zero attached hydrogens (tertiary/aromatic N) is 1. The molecule has 0 unspecified atom stereocenters. The van der Waals surface area contributed by atoms with E-state index in [9.17, 15) is 8.78 Å². The van der Waals surface area contributed by atoms with Crippen molar-refractivity contribution in [2.75, 3.05) is 0 Å². The number of guanidine groups is 1. The third-order valence-corrected chi connectivity index (χ3v) is 3.81. The third-order valence-electron chi connectivity index (χ3n) is 3.81. The van der Waals surface area contributed by atoms with Gasteiger partial charge in [0, 0.05) is 11.6 Å². The molecule has 1 fully saturated rings. The monoisotopic (exact) mass is 439 g/mol. The minimum absolute atomic E-state index is 0. The number of ether oxygens (including phenoxy) is 1. The van der Waals surface area contributed by atoms with Crippen LogP contribution in [0.2, 0.25) is 0 Å². The molecule has 4 nitrogen and oxygen atoms in total. The first-order valence-corrected chi connectivity index (χ1v) is 7.65. The van der Waals surface area contributed by atoms with Crippen LogP contribution >= 0.6 is 24.0 Å². The Kier molecular flexibility index (Phi) is 8.57. The number of halogens is 3. The maximum absolute atomic E-state index is 12.4. The summed E-state index contributed by atoms with van der Waals surface area (Å²) in [5, 5.41) is 3.20. The van der Waals surface area contributed by atoms with Gasteiger partial charge in [-0.05, 0) is 25.8 Å². The summed E-state index contributed by atoms with van der Waals surface area (Å²) >= 11 is 0. The fraction of sp³-hybridized carbons (Fsp3) is 0.562. The lowest BCUT2D eigenvalue weighted by Crippen LogP contribution is -2.41. The summed E-state index contributed by atoms with van der Waals surface area (Å²) in [6.07, 6.45) is 5.87. The Labute approximate surface area is 152 Å². The molecule has 3 N–H and O–H groups in total. The smallest absolute Gasteiger partial charge is 0.387 e. The van der Waals surface area contributed by atoms with Crippen molar-refractivity contribution in [2.24, 2.45) is 10.7 Å². The highest BCUT2D eigenvalue weighted by molar-refractivity contribution is 14.0. The molecular weight excluding hydrogens is 415 g/mol. The van der Waals surface area contributed by atoms with Gasteiger partial charge in [-0.3, -0.25) is 0 Å². The number of aliphatic imine (C=N–C) groups is 1. The average Bonchev–Trinajstić information content (AvgIpc) is 2.48. The highest BCUT2D eigenvalue weighted by Crippen LogP contribution is 2.23. The second-order valence-corrected chi connectivity index (χ2v) is 5.67. The Balaban J connectivity index is 0.00000264. The minimum Gasteiger partial charge on any atom is -0.434 e. The SMILES string of the molecule is Cc1ccc(OC(F)F)c(CN=C(N)NC2CCCCC2)c1.I. The third kappa shape index (κ3) is 6.88. The van der Waals surface area contributed by atoms with E-state index in [1.807, 2.05) is 6.92 Å². The molecule has 0 aromatic heterocycles. The lowest BCUT2D eigenvalue weighted by atomic mass is 9.96. The average molecular weight is 439 g/mol. The van der Waals surface area contributed by atoms with Crippen LogP contribution in [0.5, 0.6) is 5.75 Å². The molecule has 1 aromatic carbocycles. The molecule has 130 valence electrons. The van der Waals surface area contributed by atoms with Crippen LogP contribution in [-0.2, 0) is 6.54 Å². The molecule has 1 aliphatic carbocycles. The normalized spacial score (nSPS) is 16.1. The molecule has 2 rings (SSSR count). The van der Waals surface area contributed by atoms with Gasteiger partial charge in [0.2, 0.25) is 0 Å². The Morgan fingerprint density at radius 1 is 1.35 bits per heavy atom. The van der Waals surface area contributed by atoms with Gasteiger partial charge in [-0.25, -0.2) is 4.99 Å². The van der Waals surface area contributed by atoms with Gasteiger partial charge in [-0.15, -0.1) is 24.0 Å². The Morgan fingerprint density at radius 2 is 2.04 bits per heavy atom. The molecule has 23 heavy (non-hydrogen) atoms. The zero-order valence-electron chi connectivity index (χ0n) is 13.2. The van der Waals surface area contributed by atoms with E-state index >= 15 is 0 Å². The van der Waals surface area contributed by atoms with Crippen LogP contribution in [-0.4, -0.2) is 18.6 Å². The number of hydrogen-bond acceptors (Lipinski definition) is 2. The second kappa shape index (κ2) is 9.89. The summed E-state index contributed by atoms with van der Waals surface area (Å²) in [6.45, 7) is -0.735. The minimum atomic E-state index is -2.84. The number of nitrogens with two attached hydrogens (primary N) is 1. The van der Waals surface area contributed by atoms with Gasteiger partial charge < -0.3 is 15.8 Å². The summed E-state index contributed by atoms with van der Waals surface area (Å²) in [5.41, 5.74) is 7.46. The first-order valence-electron chi connectivity index (χ1n) is 7.65. The van der Waals surface area contributed by atoms with Crippen LogP contribution in [0, 0.1) is 6.92 Å². The van der Waals surface area contributed by atoms with E-state index in [1.165, 1.54) is 25.3 Å². The molecule has 1 aromatic rings. The zero-order chi connectivity index (χ0) is 15.9. The van der Waals surface area contributed by atoms with Crippen LogP contribution in [0.3, 0.4) is 0 Å². The Hall–Kier alpha value is -1.12. The second-order valence-electron chi connectivity index (χ2n) is 5.67. The van der Waals surface area contributed by atoms with Crippen LogP contribution in [0.1, 0.15) is 43.2 Å². The predicted molar refractivity (Wildman–Crippen MR) is 98.6 cm³/mol. The van der Waals surface area contributed by atoms with Crippen molar-refractivity contribution in [3.05, 3.63) is 29.3 Å². The van der Waals surface area contributed by atoms with Crippen molar-refractivity contribution >= 4 is 29.9 Å². The number of aryl methyl sites for hydroxylation is 1. The van der Waals surface area contributed by atoms with Gasteiger partial charge in [-0.2, -0.15) is 8.78 Å². The molecule has 0 bridgehead atoms. The quantitative estimate of drug-likeness (QED) is 0.415. The van der Waals surface area contributed by atoms with Crippen LogP contribution in [0.15, 0.2) is 23.2 Å². The van der Waals surface area contributed by atoms with Crippen molar-refractivity contribution in [1.29, 1.82) is 0 Å². The van der Waals surface area contributed by atoms with Gasteiger partial charge in [0.1, 0.15) is 5.75 Å². The molecule has 1 aliphatic rings. The van der Waals surface area contributed by atoms with Crippen molar-refractivity contribution in [3.63, 3.8) is 0 Å². The highest BCUT2D eigenvalue weighted by Gasteiger charge is 2.14. The maximum atomic E-state index is 12.4. The van der Waals surface area contributed by atoms with Crippen LogP contribution < -0.4 is 15.8 Å². The molecular formula is C16H24F2IN3O. The largest absolute Gasteiger partial charge is 0.434 e. The topological polar surface area (TPSA) is 59.6 Å². The molecule has 0 amide bonds. The molecule has 0 heterocycles. The molecule has 1 saturated carbocycles. The van der Waals surface area contributed by atoms with Crippen LogP contribution in [0.4, 0.5) is 8.78 Å². The molecule has 0 atom stereocenters. The van der Waals surface area contributed by atoms with E-state index in [0.717, 1.165) is 18.4 Å². The van der Waals surface area contributed by atoms with Crippen molar-refractivity contribution < 1.29 is 13.5 Å². The highest BCUT2D eigenvalue weighted by atomic mass is 127. The van der Waals surface area contributed by atoms with E-state index in [-0.39, 0.29) is 36.3 Å². The summed E-state index contributed by atoms with van der Waals surface area (Å²) in [7, 11) is 0. The summed E-state index contributed by atoms with van der Waals surface area (Å²) in [4.78, 5) is 4.26. The van der Waals surface area contributed by atoms with Crippen molar-refractivity contribution in [3.8, 4) is 5.75 Å².